The van der Waals surface area contributed by atoms with Crippen LogP contribution in [0.3, 0.4) is 0 Å². The molecule has 0 saturated carbocycles. The van der Waals surface area contributed by atoms with Crippen molar-refractivity contribution in [3.05, 3.63) is 40.3 Å². The van der Waals surface area contributed by atoms with E-state index in [-0.39, 0.29) is 29.0 Å². The maximum absolute atomic E-state index is 12.4. The van der Waals surface area contributed by atoms with Crippen LogP contribution in [-0.2, 0) is 16.0 Å². The minimum Gasteiger partial charge on any atom is -0.395 e. The number of nitrogens with two attached hydrogens (primary N) is 1. The van der Waals surface area contributed by atoms with Gasteiger partial charge in [0.05, 0.1) is 28.7 Å². The number of carbonyl (C=O) groups excluding carboxylic acids is 1. The van der Waals surface area contributed by atoms with Gasteiger partial charge in [0, 0.05) is 32.8 Å². The monoisotopic (exact) mass is 364 g/mol. The summed E-state index contributed by atoms with van der Waals surface area (Å²) < 4.78 is 5.67. The van der Waals surface area contributed by atoms with E-state index in [0.717, 1.165) is 30.8 Å². The van der Waals surface area contributed by atoms with Crippen LogP contribution in [0.2, 0.25) is 0 Å². The summed E-state index contributed by atoms with van der Waals surface area (Å²) in [5.41, 5.74) is 8.29. The van der Waals surface area contributed by atoms with Crippen LogP contribution in [0.25, 0.3) is 0 Å². The van der Waals surface area contributed by atoms with Gasteiger partial charge >= 0.3 is 0 Å². The lowest BCUT2D eigenvalue weighted by molar-refractivity contribution is -0.115. The Balaban J connectivity index is 2.04. The number of halogens is 1. The van der Waals surface area contributed by atoms with Crippen LogP contribution in [-0.4, -0.2) is 43.2 Å². The van der Waals surface area contributed by atoms with Crippen LogP contribution in [0.15, 0.2) is 34.1 Å². The van der Waals surface area contributed by atoms with Crippen molar-refractivity contribution in [1.82, 2.24) is 10.3 Å². The molecule has 2 rings (SSSR count). The molecule has 0 aromatic carbocycles. The van der Waals surface area contributed by atoms with Gasteiger partial charge in [0.2, 0.25) is 0 Å². The topological polar surface area (TPSA) is 89.6 Å². The zero-order valence-corrected chi connectivity index (χ0v) is 15.5. The molecule has 0 radical (unpaired) electrons. The molecule has 3 N–H and O–H groups in total. The highest BCUT2D eigenvalue weighted by Gasteiger charge is 2.18. The maximum Gasteiger partial charge on any atom is 0.184 e. The van der Waals surface area contributed by atoms with Crippen molar-refractivity contribution >= 4 is 23.1 Å². The Morgan fingerprint density at radius 2 is 2.32 bits per heavy atom. The van der Waals surface area contributed by atoms with Crippen molar-refractivity contribution in [2.45, 2.75) is 32.3 Å². The van der Waals surface area contributed by atoms with E-state index in [9.17, 15) is 4.79 Å². The predicted octanol–water partition coefficient (Wildman–Crippen LogP) is 2.13. The van der Waals surface area contributed by atoms with Gasteiger partial charge in [-0.05, 0) is 18.1 Å². The third-order valence-electron chi connectivity index (χ3n) is 4.02. The van der Waals surface area contributed by atoms with Crippen molar-refractivity contribution < 1.29 is 9.53 Å². The number of allylic oxidation sites excluding steroid dienone is 2. The van der Waals surface area contributed by atoms with Crippen molar-refractivity contribution in [2.24, 2.45) is 10.7 Å². The number of nitrogens with zero attached hydrogens (tertiary/aromatic N) is 2. The molecule has 1 atom stereocenters. The number of ether oxygens (including phenoxy) is 1. The molecule has 136 valence electrons. The highest BCUT2D eigenvalue weighted by molar-refractivity contribution is 6.45. The van der Waals surface area contributed by atoms with E-state index in [0.29, 0.717) is 18.7 Å². The molecule has 1 aromatic rings. The molecule has 0 spiro atoms. The lowest BCUT2D eigenvalue weighted by Crippen LogP contribution is -2.33. The summed E-state index contributed by atoms with van der Waals surface area (Å²) in [5.74, 6) is -0.229. The highest BCUT2D eigenvalue weighted by Crippen LogP contribution is 2.18. The molecule has 2 heterocycles. The van der Waals surface area contributed by atoms with Gasteiger partial charge in [0.25, 0.3) is 0 Å². The fourth-order valence-electron chi connectivity index (χ4n) is 2.60. The number of rotatable bonds is 7. The molecule has 1 aliphatic heterocycles. The van der Waals surface area contributed by atoms with Crippen LogP contribution in [0.4, 0.5) is 0 Å². The van der Waals surface area contributed by atoms with Crippen LogP contribution >= 0.6 is 11.6 Å². The van der Waals surface area contributed by atoms with Crippen molar-refractivity contribution in [3.8, 4) is 0 Å². The molecule has 1 aromatic heterocycles. The minimum absolute atomic E-state index is 0.0460. The van der Waals surface area contributed by atoms with E-state index >= 15 is 0 Å². The number of carbonyl (C=O) groups is 1. The third kappa shape index (κ3) is 5.36. The SMILES string of the molecule is CCCC(=NC)C(Cl)=C(N)C(=O)Cc1ccc([C@H]2CNCCO2)nc1. The smallest absolute Gasteiger partial charge is 0.184 e. The second-order valence-electron chi connectivity index (χ2n) is 5.90. The van der Waals surface area contributed by atoms with Gasteiger partial charge in [0.1, 0.15) is 6.10 Å². The first-order chi connectivity index (χ1) is 12.1. The molecule has 25 heavy (non-hydrogen) atoms. The largest absolute Gasteiger partial charge is 0.395 e. The first-order valence-electron chi connectivity index (χ1n) is 8.48. The molecular weight excluding hydrogens is 340 g/mol. The number of aromatic nitrogens is 1. The lowest BCUT2D eigenvalue weighted by atomic mass is 10.1. The Morgan fingerprint density at radius 1 is 1.52 bits per heavy atom. The minimum atomic E-state index is -0.229. The standard InChI is InChI=1S/C18H25ClN4O2/c1-3-4-14(21-2)17(19)18(20)15(24)9-12-5-6-13(23-10-12)16-11-22-7-8-25-16/h5-6,10,16,22H,3-4,7-9,11,20H2,1-2H3/t16-/m1/s1. The summed E-state index contributed by atoms with van der Waals surface area (Å²) in [6, 6.07) is 3.76. The number of nitrogens with one attached hydrogen (secondary N) is 1. The van der Waals surface area contributed by atoms with Gasteiger partial charge in [-0.25, -0.2) is 0 Å². The van der Waals surface area contributed by atoms with Gasteiger partial charge in [-0.2, -0.15) is 0 Å². The number of Topliss-reactive ketones (excluding diaryl/α,β-unsaturated/α-hetero) is 1. The number of aliphatic imine (C=N–C) groups is 1. The van der Waals surface area contributed by atoms with E-state index in [1.807, 2.05) is 19.1 Å². The molecule has 7 heteroatoms. The summed E-state index contributed by atoms with van der Waals surface area (Å²) >= 11 is 6.23. The van der Waals surface area contributed by atoms with Gasteiger partial charge in [-0.15, -0.1) is 0 Å². The summed E-state index contributed by atoms with van der Waals surface area (Å²) in [6.07, 6.45) is 3.37. The molecule has 1 fully saturated rings. The molecule has 0 amide bonds. The molecule has 0 aliphatic carbocycles. The maximum atomic E-state index is 12.4. The van der Waals surface area contributed by atoms with Crippen LogP contribution < -0.4 is 11.1 Å². The Kier molecular flexibility index (Phi) is 7.55. The summed E-state index contributed by atoms with van der Waals surface area (Å²) in [7, 11) is 1.65. The normalized spacial score (nSPS) is 19.5. The Hall–Kier alpha value is -1.76. The Labute approximate surface area is 153 Å². The zero-order valence-electron chi connectivity index (χ0n) is 14.7. The number of hydrogen-bond donors (Lipinski definition) is 2. The first-order valence-corrected chi connectivity index (χ1v) is 8.86. The number of hydrogen-bond acceptors (Lipinski definition) is 6. The molecular formula is C18H25ClN4O2. The van der Waals surface area contributed by atoms with Crippen molar-refractivity contribution in [3.63, 3.8) is 0 Å². The van der Waals surface area contributed by atoms with Crippen LogP contribution in [0.1, 0.15) is 37.1 Å². The van der Waals surface area contributed by atoms with Crippen LogP contribution in [0.5, 0.6) is 0 Å². The summed E-state index contributed by atoms with van der Waals surface area (Å²) in [4.78, 5) is 20.9. The van der Waals surface area contributed by atoms with Crippen molar-refractivity contribution in [1.29, 1.82) is 0 Å². The summed E-state index contributed by atoms with van der Waals surface area (Å²) in [6.45, 7) is 4.29. The Bertz CT molecular complexity index is 650. The van der Waals surface area contributed by atoms with Gasteiger partial charge in [-0.3, -0.25) is 14.8 Å². The first kappa shape index (κ1) is 19.6. The van der Waals surface area contributed by atoms with Gasteiger partial charge in [-0.1, -0.05) is 31.0 Å². The van der Waals surface area contributed by atoms with Crippen molar-refractivity contribution in [2.75, 3.05) is 26.7 Å². The molecule has 0 unspecified atom stereocenters. The zero-order chi connectivity index (χ0) is 18.2. The molecule has 6 nitrogen and oxygen atoms in total. The fourth-order valence-corrected chi connectivity index (χ4v) is 2.89. The second-order valence-corrected chi connectivity index (χ2v) is 6.28. The summed E-state index contributed by atoms with van der Waals surface area (Å²) in [5, 5.41) is 3.52. The van der Waals surface area contributed by atoms with E-state index < -0.39 is 0 Å². The van der Waals surface area contributed by atoms with E-state index in [1.165, 1.54) is 0 Å². The predicted molar refractivity (Wildman–Crippen MR) is 99.8 cm³/mol. The average Bonchev–Trinajstić information content (AvgIpc) is 2.66. The highest BCUT2D eigenvalue weighted by atomic mass is 35.5. The Morgan fingerprint density at radius 3 is 2.88 bits per heavy atom. The second kappa shape index (κ2) is 9.65. The average molecular weight is 365 g/mol. The molecule has 0 bridgehead atoms. The number of morpholine rings is 1. The number of ketones is 1. The van der Waals surface area contributed by atoms with E-state index in [1.54, 1.807) is 13.2 Å². The molecule has 1 saturated heterocycles. The molecule has 1 aliphatic rings. The quantitative estimate of drug-likeness (QED) is 0.571. The van der Waals surface area contributed by atoms with Crippen LogP contribution in [0, 0.1) is 0 Å². The lowest BCUT2D eigenvalue weighted by Gasteiger charge is -2.23. The third-order valence-corrected chi connectivity index (χ3v) is 4.44. The number of pyridine rings is 1. The van der Waals surface area contributed by atoms with E-state index in [4.69, 9.17) is 22.1 Å². The van der Waals surface area contributed by atoms with E-state index in [2.05, 4.69) is 15.3 Å². The van der Waals surface area contributed by atoms with Gasteiger partial charge < -0.3 is 15.8 Å². The fraction of sp³-hybridized carbons (Fsp3) is 0.500. The van der Waals surface area contributed by atoms with Gasteiger partial charge in [0.15, 0.2) is 5.78 Å².